The van der Waals surface area contributed by atoms with Crippen molar-refractivity contribution < 1.29 is 14.3 Å². The van der Waals surface area contributed by atoms with E-state index in [9.17, 15) is 4.79 Å². The Labute approximate surface area is 139 Å². The van der Waals surface area contributed by atoms with Crippen molar-refractivity contribution in [1.29, 1.82) is 0 Å². The molecule has 2 aromatic rings. The van der Waals surface area contributed by atoms with Crippen LogP contribution in [-0.4, -0.2) is 19.1 Å². The van der Waals surface area contributed by atoms with Crippen LogP contribution in [0.15, 0.2) is 30.3 Å². The van der Waals surface area contributed by atoms with Gasteiger partial charge in [-0.3, -0.25) is 4.79 Å². The molecule has 2 heterocycles. The van der Waals surface area contributed by atoms with Crippen molar-refractivity contribution in [3.8, 4) is 11.5 Å². The fourth-order valence-electron chi connectivity index (χ4n) is 3.17. The quantitative estimate of drug-likeness (QED) is 0.941. The molecule has 0 saturated carbocycles. The van der Waals surface area contributed by atoms with Gasteiger partial charge < -0.3 is 14.8 Å². The van der Waals surface area contributed by atoms with Crippen LogP contribution < -0.4 is 14.8 Å². The van der Waals surface area contributed by atoms with Gasteiger partial charge >= 0.3 is 0 Å². The van der Waals surface area contributed by atoms with Crippen molar-refractivity contribution in [3.63, 3.8) is 0 Å². The summed E-state index contributed by atoms with van der Waals surface area (Å²) in [6.07, 6.45) is 1.75. The summed E-state index contributed by atoms with van der Waals surface area (Å²) in [4.78, 5) is 12.3. The van der Waals surface area contributed by atoms with Crippen molar-refractivity contribution in [2.75, 3.05) is 13.2 Å². The van der Waals surface area contributed by atoms with E-state index in [0.29, 0.717) is 30.3 Å². The molecular weight excluding hydrogens is 314 g/mol. The number of nitrogens with one attached hydrogen (secondary N) is 1. The molecule has 5 heteroatoms. The molecule has 0 radical (unpaired) electrons. The average molecular weight is 330 g/mol. The fraction of sp³-hybridized carbons (Fsp3) is 0.278. The van der Waals surface area contributed by atoms with Gasteiger partial charge in [-0.15, -0.1) is 0 Å². The summed E-state index contributed by atoms with van der Waals surface area (Å²) < 4.78 is 11.5. The normalized spacial score (nSPS) is 14.7. The van der Waals surface area contributed by atoms with Gasteiger partial charge in [-0.2, -0.15) is 0 Å². The molecule has 4 rings (SSSR count). The SMILES string of the molecule is O=C(NCc1c2c(cc3c1OCC3)OCC2)c1cccc(Cl)c1. The monoisotopic (exact) mass is 329 g/mol. The minimum Gasteiger partial charge on any atom is -0.493 e. The van der Waals surface area contributed by atoms with E-state index < -0.39 is 0 Å². The van der Waals surface area contributed by atoms with Crippen molar-refractivity contribution in [3.05, 3.63) is 57.6 Å². The van der Waals surface area contributed by atoms with Crippen LogP contribution in [0, 0.1) is 0 Å². The number of hydrogen-bond acceptors (Lipinski definition) is 3. The van der Waals surface area contributed by atoms with E-state index in [0.717, 1.165) is 41.0 Å². The van der Waals surface area contributed by atoms with Gasteiger partial charge in [0.05, 0.1) is 13.2 Å². The number of ether oxygens (including phenoxy) is 2. The Balaban J connectivity index is 1.59. The molecular formula is C18H16ClNO3. The highest BCUT2D eigenvalue weighted by Crippen LogP contribution is 2.40. The van der Waals surface area contributed by atoms with Gasteiger partial charge in [0, 0.05) is 46.7 Å². The number of rotatable bonds is 3. The predicted octanol–water partition coefficient (Wildman–Crippen LogP) is 3.14. The maximum Gasteiger partial charge on any atom is 0.251 e. The number of halogens is 1. The van der Waals surface area contributed by atoms with Crippen LogP contribution in [0.1, 0.15) is 27.0 Å². The molecule has 2 aliphatic rings. The number of amides is 1. The van der Waals surface area contributed by atoms with Crippen molar-refractivity contribution in [2.24, 2.45) is 0 Å². The molecule has 1 N–H and O–H groups in total. The lowest BCUT2D eigenvalue weighted by Crippen LogP contribution is -2.23. The molecule has 118 valence electrons. The molecule has 0 aromatic heterocycles. The van der Waals surface area contributed by atoms with Crippen molar-refractivity contribution >= 4 is 17.5 Å². The van der Waals surface area contributed by atoms with E-state index in [4.69, 9.17) is 21.1 Å². The predicted molar refractivity (Wildman–Crippen MR) is 87.5 cm³/mol. The Morgan fingerprint density at radius 3 is 2.91 bits per heavy atom. The molecule has 1 amide bonds. The molecule has 2 aliphatic heterocycles. The zero-order valence-corrected chi connectivity index (χ0v) is 13.3. The smallest absolute Gasteiger partial charge is 0.251 e. The number of carbonyl (C=O) groups is 1. The number of fused-ring (bicyclic) bond motifs is 2. The lowest BCUT2D eigenvalue weighted by atomic mass is 9.99. The summed E-state index contributed by atoms with van der Waals surface area (Å²) in [6, 6.07) is 9.01. The third kappa shape index (κ3) is 2.63. The summed E-state index contributed by atoms with van der Waals surface area (Å²) >= 11 is 5.94. The Morgan fingerprint density at radius 2 is 2.04 bits per heavy atom. The number of benzene rings is 2. The van der Waals surface area contributed by atoms with E-state index in [-0.39, 0.29) is 5.91 Å². The first kappa shape index (κ1) is 14.4. The minimum atomic E-state index is -0.143. The summed E-state index contributed by atoms with van der Waals surface area (Å²) in [5, 5.41) is 3.52. The Morgan fingerprint density at radius 1 is 1.17 bits per heavy atom. The molecule has 0 unspecified atom stereocenters. The molecule has 4 nitrogen and oxygen atoms in total. The topological polar surface area (TPSA) is 47.6 Å². The van der Waals surface area contributed by atoms with E-state index in [1.807, 2.05) is 0 Å². The van der Waals surface area contributed by atoms with Gasteiger partial charge in [0.2, 0.25) is 0 Å². The maximum absolute atomic E-state index is 12.3. The second kappa shape index (κ2) is 5.78. The Bertz CT molecular complexity index is 756. The van der Waals surface area contributed by atoms with Crippen LogP contribution in [0.3, 0.4) is 0 Å². The Kier molecular flexibility index (Phi) is 3.62. The van der Waals surface area contributed by atoms with Crippen molar-refractivity contribution in [2.45, 2.75) is 19.4 Å². The summed E-state index contributed by atoms with van der Waals surface area (Å²) in [5.74, 6) is 1.71. The second-order valence-electron chi connectivity index (χ2n) is 5.71. The second-order valence-corrected chi connectivity index (χ2v) is 6.15. The van der Waals surface area contributed by atoms with E-state index in [2.05, 4.69) is 11.4 Å². The zero-order chi connectivity index (χ0) is 15.8. The van der Waals surface area contributed by atoms with E-state index in [1.54, 1.807) is 24.3 Å². The van der Waals surface area contributed by atoms with E-state index in [1.165, 1.54) is 0 Å². The lowest BCUT2D eigenvalue weighted by Gasteiger charge is -2.14. The average Bonchev–Trinajstić information content (AvgIpc) is 3.19. The molecule has 0 atom stereocenters. The standard InChI is InChI=1S/C18H16ClNO3/c19-13-3-1-2-12(8-13)18(21)20-10-15-14-5-7-22-16(14)9-11-4-6-23-17(11)15/h1-3,8-9H,4-7,10H2,(H,20,21). The van der Waals surface area contributed by atoms with E-state index >= 15 is 0 Å². The molecule has 0 bridgehead atoms. The molecule has 0 spiro atoms. The minimum absolute atomic E-state index is 0.143. The molecule has 23 heavy (non-hydrogen) atoms. The number of carbonyl (C=O) groups excluding carboxylic acids is 1. The summed E-state index contributed by atoms with van der Waals surface area (Å²) in [7, 11) is 0. The molecule has 0 aliphatic carbocycles. The highest BCUT2D eigenvalue weighted by Gasteiger charge is 2.26. The maximum atomic E-state index is 12.3. The lowest BCUT2D eigenvalue weighted by molar-refractivity contribution is 0.0950. The Hall–Kier alpha value is -2.20. The largest absolute Gasteiger partial charge is 0.493 e. The summed E-state index contributed by atoms with van der Waals surface area (Å²) in [6.45, 7) is 1.81. The van der Waals surface area contributed by atoms with Crippen LogP contribution in [0.4, 0.5) is 0 Å². The van der Waals surface area contributed by atoms with Crippen LogP contribution in [-0.2, 0) is 19.4 Å². The molecule has 0 fully saturated rings. The van der Waals surface area contributed by atoms with Crippen LogP contribution in [0.25, 0.3) is 0 Å². The van der Waals surface area contributed by atoms with Gasteiger partial charge in [-0.1, -0.05) is 17.7 Å². The highest BCUT2D eigenvalue weighted by molar-refractivity contribution is 6.30. The van der Waals surface area contributed by atoms with Gasteiger partial charge in [-0.25, -0.2) is 0 Å². The molecule has 2 aromatic carbocycles. The first-order chi connectivity index (χ1) is 11.2. The molecule has 0 saturated heterocycles. The summed E-state index contributed by atoms with van der Waals surface area (Å²) in [5.41, 5.74) is 3.91. The van der Waals surface area contributed by atoms with Crippen LogP contribution in [0.5, 0.6) is 11.5 Å². The van der Waals surface area contributed by atoms with Gasteiger partial charge in [0.15, 0.2) is 0 Å². The van der Waals surface area contributed by atoms with Crippen LogP contribution in [0.2, 0.25) is 5.02 Å². The van der Waals surface area contributed by atoms with Crippen LogP contribution >= 0.6 is 11.6 Å². The van der Waals surface area contributed by atoms with Gasteiger partial charge in [0.1, 0.15) is 11.5 Å². The van der Waals surface area contributed by atoms with Gasteiger partial charge in [-0.05, 0) is 24.3 Å². The van der Waals surface area contributed by atoms with Crippen molar-refractivity contribution in [1.82, 2.24) is 5.32 Å². The fourth-order valence-corrected chi connectivity index (χ4v) is 3.36. The third-order valence-electron chi connectivity index (χ3n) is 4.27. The number of hydrogen-bond donors (Lipinski definition) is 1. The zero-order valence-electron chi connectivity index (χ0n) is 12.5. The first-order valence-electron chi connectivity index (χ1n) is 7.69. The highest BCUT2D eigenvalue weighted by atomic mass is 35.5. The van der Waals surface area contributed by atoms with Gasteiger partial charge in [0.25, 0.3) is 5.91 Å². The first-order valence-corrected chi connectivity index (χ1v) is 8.07. The third-order valence-corrected chi connectivity index (χ3v) is 4.51.